The summed E-state index contributed by atoms with van der Waals surface area (Å²) < 4.78 is 0. The standard InChI is InChI=1S/BO2.Pd/c2-1-3;/q-2;+2. The summed E-state index contributed by atoms with van der Waals surface area (Å²) in [5.74, 6) is 0. The molecule has 0 aromatic rings. The van der Waals surface area contributed by atoms with Crippen LogP contribution in [0.3, 0.4) is 0 Å². The third-order valence-corrected chi connectivity index (χ3v) is 0. The molecule has 0 bridgehead atoms. The van der Waals surface area contributed by atoms with Crippen molar-refractivity contribution in [2.45, 2.75) is 0 Å². The summed E-state index contributed by atoms with van der Waals surface area (Å²) in [5.41, 5.74) is 0. The molecule has 0 aliphatic heterocycles. The largest absolute Gasteiger partial charge is 2.00 e. The number of hydrogen-bond acceptors (Lipinski definition) is 2. The predicted molar refractivity (Wildman–Crippen MR) is 5.75 cm³/mol. The third kappa shape index (κ3) is 17.1. The quantitative estimate of drug-likeness (QED) is 0.350. The van der Waals surface area contributed by atoms with Gasteiger partial charge in [-0.15, -0.1) is 0 Å². The fourth-order valence-electron chi connectivity index (χ4n) is 0. The van der Waals surface area contributed by atoms with Gasteiger partial charge in [0.1, 0.15) is 0 Å². The maximum absolute atomic E-state index is 8.25. The average molecular weight is 149 g/mol. The predicted octanol–water partition coefficient (Wildman–Crippen LogP) is -2.76. The molecule has 0 rings (SSSR count). The minimum Gasteiger partial charge on any atom is -0.900 e. The maximum atomic E-state index is 8.25. The molecule has 0 aromatic heterocycles. The summed E-state index contributed by atoms with van der Waals surface area (Å²) in [5, 5.41) is 16.5. The van der Waals surface area contributed by atoms with Crippen LogP contribution in [0.2, 0.25) is 0 Å². The second-order valence-electron chi connectivity index (χ2n) is 0.0962. The molecule has 0 saturated carbocycles. The minimum absolute atomic E-state index is 0. The Morgan fingerprint density at radius 2 is 1.25 bits per heavy atom. The van der Waals surface area contributed by atoms with Crippen molar-refractivity contribution >= 4 is 7.69 Å². The van der Waals surface area contributed by atoms with E-state index in [0.29, 0.717) is 0 Å². The SMILES string of the molecule is [O-][B][O-].[Pd+2]. The molecule has 1 radical (unpaired) electrons. The van der Waals surface area contributed by atoms with Crippen LogP contribution in [0, 0.1) is 0 Å². The van der Waals surface area contributed by atoms with Gasteiger partial charge in [0.15, 0.2) is 0 Å². The van der Waals surface area contributed by atoms with Gasteiger partial charge in [-0.05, 0) is 0 Å². The van der Waals surface area contributed by atoms with Crippen LogP contribution in [-0.2, 0) is 20.4 Å². The van der Waals surface area contributed by atoms with Gasteiger partial charge in [-0.1, -0.05) is 0 Å². The van der Waals surface area contributed by atoms with E-state index in [4.69, 9.17) is 10.0 Å². The van der Waals surface area contributed by atoms with E-state index in [2.05, 4.69) is 0 Å². The number of hydrogen-bond donors (Lipinski definition) is 0. The Morgan fingerprint density at radius 1 is 1.25 bits per heavy atom. The van der Waals surface area contributed by atoms with E-state index in [1.807, 2.05) is 0 Å². The van der Waals surface area contributed by atoms with Crippen molar-refractivity contribution in [3.8, 4) is 0 Å². The minimum atomic E-state index is -0.500. The monoisotopic (exact) mass is 149 g/mol. The second kappa shape index (κ2) is 9.42. The Kier molecular flexibility index (Phi) is 20.8. The van der Waals surface area contributed by atoms with Crippen LogP contribution in [0.5, 0.6) is 0 Å². The molecule has 0 N–H and O–H groups in total. The van der Waals surface area contributed by atoms with Crippen molar-refractivity contribution in [3.05, 3.63) is 0 Å². The Hall–Kier alpha value is 0.647. The van der Waals surface area contributed by atoms with Crippen LogP contribution in [0.15, 0.2) is 0 Å². The van der Waals surface area contributed by atoms with Crippen LogP contribution in [0.4, 0.5) is 0 Å². The average Bonchev–Trinajstić information content (AvgIpc) is 0.918. The first-order chi connectivity index (χ1) is 1.41. The summed E-state index contributed by atoms with van der Waals surface area (Å²) in [6, 6.07) is 0. The van der Waals surface area contributed by atoms with Gasteiger partial charge in [-0.25, -0.2) is 7.69 Å². The van der Waals surface area contributed by atoms with Crippen molar-refractivity contribution < 1.29 is 30.5 Å². The van der Waals surface area contributed by atoms with E-state index < -0.39 is 7.69 Å². The molecule has 0 aliphatic carbocycles. The normalized spacial score (nSPS) is 3.50. The van der Waals surface area contributed by atoms with E-state index in [1.165, 1.54) is 0 Å². The van der Waals surface area contributed by atoms with Crippen LogP contribution in [0.1, 0.15) is 0 Å². The van der Waals surface area contributed by atoms with Crippen LogP contribution < -0.4 is 10.0 Å². The first kappa shape index (κ1) is 8.82. The maximum Gasteiger partial charge on any atom is 2.00 e. The van der Waals surface area contributed by atoms with Crippen LogP contribution in [-0.4, -0.2) is 7.69 Å². The number of rotatable bonds is 0. The molecule has 0 atom stereocenters. The van der Waals surface area contributed by atoms with Crippen molar-refractivity contribution in [2.24, 2.45) is 0 Å². The molecule has 2 nitrogen and oxygen atoms in total. The van der Waals surface area contributed by atoms with Crippen molar-refractivity contribution in [1.82, 2.24) is 0 Å². The summed E-state index contributed by atoms with van der Waals surface area (Å²) in [4.78, 5) is 0. The molecule has 0 amide bonds. The van der Waals surface area contributed by atoms with Crippen LogP contribution >= 0.6 is 0 Å². The fraction of sp³-hybridized carbons (Fsp3) is 0. The molecule has 4 heteroatoms. The zero-order valence-electron chi connectivity index (χ0n) is 1.71. The van der Waals surface area contributed by atoms with Crippen molar-refractivity contribution in [1.29, 1.82) is 0 Å². The third-order valence-electron chi connectivity index (χ3n) is 0. The van der Waals surface area contributed by atoms with Gasteiger partial charge in [0.05, 0.1) is 0 Å². The van der Waals surface area contributed by atoms with E-state index in [-0.39, 0.29) is 20.4 Å². The Morgan fingerprint density at radius 3 is 1.25 bits per heavy atom. The Labute approximate surface area is 38.8 Å². The molecule has 0 unspecified atom stereocenters. The molecule has 0 aliphatic rings. The molecular weight excluding hydrogens is 149 g/mol. The smallest absolute Gasteiger partial charge is 0.900 e. The van der Waals surface area contributed by atoms with Gasteiger partial charge < -0.3 is 10.0 Å². The summed E-state index contributed by atoms with van der Waals surface area (Å²) in [6.07, 6.45) is 0. The first-order valence-electron chi connectivity index (χ1n) is 0.471. The zero-order chi connectivity index (χ0) is 2.71. The summed E-state index contributed by atoms with van der Waals surface area (Å²) in [6.45, 7) is 0. The van der Waals surface area contributed by atoms with Gasteiger partial charge in [0.2, 0.25) is 0 Å². The molecule has 0 saturated heterocycles. The van der Waals surface area contributed by atoms with Crippen LogP contribution in [0.25, 0.3) is 0 Å². The van der Waals surface area contributed by atoms with Gasteiger partial charge in [0, 0.05) is 0 Å². The van der Waals surface area contributed by atoms with E-state index in [0.717, 1.165) is 0 Å². The van der Waals surface area contributed by atoms with Gasteiger partial charge in [-0.2, -0.15) is 0 Å². The molecule has 25 valence electrons. The van der Waals surface area contributed by atoms with E-state index in [1.54, 1.807) is 0 Å². The Balaban J connectivity index is 0. The molecule has 0 heterocycles. The summed E-state index contributed by atoms with van der Waals surface area (Å²) >= 11 is 0. The fourth-order valence-corrected chi connectivity index (χ4v) is 0. The zero-order valence-corrected chi connectivity index (χ0v) is 3.26. The molecule has 0 fully saturated rings. The van der Waals surface area contributed by atoms with E-state index in [9.17, 15) is 0 Å². The van der Waals surface area contributed by atoms with Gasteiger partial charge in [0.25, 0.3) is 0 Å². The van der Waals surface area contributed by atoms with Crippen molar-refractivity contribution in [3.63, 3.8) is 0 Å². The molecule has 0 aromatic carbocycles. The second-order valence-corrected chi connectivity index (χ2v) is 0.0962. The Bertz CT molecular complexity index is 6.00. The molecule has 0 spiro atoms. The topological polar surface area (TPSA) is 46.1 Å². The summed E-state index contributed by atoms with van der Waals surface area (Å²) in [7, 11) is -0.500. The van der Waals surface area contributed by atoms with Gasteiger partial charge in [-0.3, -0.25) is 0 Å². The van der Waals surface area contributed by atoms with Crippen molar-refractivity contribution in [2.75, 3.05) is 0 Å². The molecular formula is BO2Pd. The van der Waals surface area contributed by atoms with E-state index >= 15 is 0 Å². The van der Waals surface area contributed by atoms with Gasteiger partial charge >= 0.3 is 20.4 Å². The first-order valence-corrected chi connectivity index (χ1v) is 0.471. The molecule has 4 heavy (non-hydrogen) atoms.